The Kier molecular flexibility index (Phi) is 3.78. The predicted octanol–water partition coefficient (Wildman–Crippen LogP) is 5.26. The lowest BCUT2D eigenvalue weighted by molar-refractivity contribution is 0.477. The minimum Gasteiger partial charge on any atom is -0.507 e. The lowest BCUT2D eigenvalue weighted by atomic mass is 9.94. The van der Waals surface area contributed by atoms with Gasteiger partial charge in [0.15, 0.2) is 0 Å². The molecule has 0 radical (unpaired) electrons. The summed E-state index contributed by atoms with van der Waals surface area (Å²) >= 11 is 0. The molecule has 0 aliphatic heterocycles. The predicted molar refractivity (Wildman–Crippen MR) is 96.5 cm³/mol. The van der Waals surface area contributed by atoms with E-state index >= 15 is 0 Å². The van der Waals surface area contributed by atoms with Gasteiger partial charge < -0.3 is 10.1 Å². The highest BCUT2D eigenvalue weighted by Crippen LogP contribution is 2.40. The van der Waals surface area contributed by atoms with Crippen LogP contribution in [0.4, 0.5) is 4.39 Å². The fourth-order valence-corrected chi connectivity index (χ4v) is 3.02. The van der Waals surface area contributed by atoms with Gasteiger partial charge in [-0.05, 0) is 47.5 Å². The normalized spacial score (nSPS) is 10.8. The number of aromatic hydroxyl groups is 1. The summed E-state index contributed by atoms with van der Waals surface area (Å²) in [5.41, 5.74) is 4.84. The third kappa shape index (κ3) is 2.78. The van der Waals surface area contributed by atoms with Crippen molar-refractivity contribution in [3.8, 4) is 39.3 Å². The van der Waals surface area contributed by atoms with Gasteiger partial charge in [-0.3, -0.25) is 4.98 Å². The number of pyridine rings is 1. The number of phenolic OH excluding ortho intramolecular Hbond substituents is 1. The van der Waals surface area contributed by atoms with Crippen molar-refractivity contribution in [2.45, 2.75) is 0 Å². The van der Waals surface area contributed by atoms with Crippen LogP contribution in [0.3, 0.4) is 0 Å². The molecule has 25 heavy (non-hydrogen) atoms. The molecule has 0 aliphatic rings. The summed E-state index contributed by atoms with van der Waals surface area (Å²) in [7, 11) is 0. The number of rotatable bonds is 3. The van der Waals surface area contributed by atoms with Gasteiger partial charge in [0, 0.05) is 35.3 Å². The van der Waals surface area contributed by atoms with E-state index in [1.54, 1.807) is 30.6 Å². The molecule has 2 aromatic heterocycles. The summed E-state index contributed by atoms with van der Waals surface area (Å²) in [5.74, 6) is -0.170. The maximum Gasteiger partial charge on any atom is 0.123 e. The fourth-order valence-electron chi connectivity index (χ4n) is 3.02. The average Bonchev–Trinajstić information content (AvgIpc) is 3.13. The van der Waals surface area contributed by atoms with Gasteiger partial charge in [-0.1, -0.05) is 24.3 Å². The van der Waals surface area contributed by atoms with E-state index in [0.29, 0.717) is 11.1 Å². The number of hydrogen-bond donors (Lipinski definition) is 2. The number of halogens is 1. The van der Waals surface area contributed by atoms with Crippen LogP contribution in [0.5, 0.6) is 5.75 Å². The molecule has 4 heteroatoms. The molecule has 0 spiro atoms. The van der Waals surface area contributed by atoms with Gasteiger partial charge in [0.05, 0.1) is 5.69 Å². The second kappa shape index (κ2) is 6.24. The molecule has 0 fully saturated rings. The van der Waals surface area contributed by atoms with Gasteiger partial charge >= 0.3 is 0 Å². The van der Waals surface area contributed by atoms with E-state index in [4.69, 9.17) is 0 Å². The minimum absolute atomic E-state index is 0.160. The first-order valence-corrected chi connectivity index (χ1v) is 7.90. The molecule has 0 amide bonds. The Labute approximate surface area is 144 Å². The molecule has 2 aromatic carbocycles. The lowest BCUT2D eigenvalue weighted by Crippen LogP contribution is -1.90. The molecule has 122 valence electrons. The Balaban J connectivity index is 1.95. The van der Waals surface area contributed by atoms with Gasteiger partial charge in [-0.15, -0.1) is 0 Å². The quantitative estimate of drug-likeness (QED) is 0.538. The molecule has 0 saturated carbocycles. The zero-order chi connectivity index (χ0) is 17.2. The number of nitrogens with one attached hydrogen (secondary N) is 1. The van der Waals surface area contributed by atoms with Gasteiger partial charge in [0.2, 0.25) is 0 Å². The second-order valence-corrected chi connectivity index (χ2v) is 5.71. The van der Waals surface area contributed by atoms with Gasteiger partial charge in [-0.25, -0.2) is 4.39 Å². The van der Waals surface area contributed by atoms with Crippen molar-refractivity contribution in [2.24, 2.45) is 0 Å². The van der Waals surface area contributed by atoms with Crippen LogP contribution < -0.4 is 0 Å². The summed E-state index contributed by atoms with van der Waals surface area (Å²) in [4.78, 5) is 7.25. The zero-order valence-corrected chi connectivity index (χ0v) is 13.3. The van der Waals surface area contributed by atoms with Crippen LogP contribution in [0, 0.1) is 5.82 Å². The van der Waals surface area contributed by atoms with Crippen LogP contribution in [-0.2, 0) is 0 Å². The highest BCUT2D eigenvalue weighted by molar-refractivity contribution is 5.91. The van der Waals surface area contributed by atoms with Crippen molar-refractivity contribution in [3.63, 3.8) is 0 Å². The average molecular weight is 330 g/mol. The van der Waals surface area contributed by atoms with Gasteiger partial charge in [0.25, 0.3) is 0 Å². The number of H-pyrrole nitrogens is 1. The smallest absolute Gasteiger partial charge is 0.123 e. The van der Waals surface area contributed by atoms with Gasteiger partial charge in [-0.2, -0.15) is 0 Å². The van der Waals surface area contributed by atoms with Crippen molar-refractivity contribution in [1.29, 1.82) is 0 Å². The molecular weight excluding hydrogens is 315 g/mol. The first-order valence-electron chi connectivity index (χ1n) is 7.90. The topological polar surface area (TPSA) is 48.9 Å². The lowest BCUT2D eigenvalue weighted by Gasteiger charge is -2.13. The number of aromatic amines is 1. The zero-order valence-electron chi connectivity index (χ0n) is 13.3. The molecule has 0 atom stereocenters. The number of hydrogen-bond acceptors (Lipinski definition) is 2. The summed E-state index contributed by atoms with van der Waals surface area (Å²) < 4.78 is 14.0. The highest BCUT2D eigenvalue weighted by atomic mass is 19.1. The van der Waals surface area contributed by atoms with Crippen LogP contribution in [-0.4, -0.2) is 15.1 Å². The molecule has 4 rings (SSSR count). The number of benzene rings is 2. The second-order valence-electron chi connectivity index (χ2n) is 5.71. The Bertz CT molecular complexity index is 1030. The van der Waals surface area contributed by atoms with Crippen LogP contribution in [0.1, 0.15) is 0 Å². The van der Waals surface area contributed by atoms with Crippen LogP contribution in [0.15, 0.2) is 79.3 Å². The molecule has 0 aliphatic carbocycles. The van der Waals surface area contributed by atoms with E-state index in [0.717, 1.165) is 22.4 Å². The van der Waals surface area contributed by atoms with E-state index in [2.05, 4.69) is 9.97 Å². The number of nitrogens with zero attached hydrogens (tertiary/aromatic N) is 1. The summed E-state index contributed by atoms with van der Waals surface area (Å²) in [6.07, 6.45) is 5.27. The number of aromatic nitrogens is 2. The molecule has 3 nitrogen and oxygen atoms in total. The first kappa shape index (κ1) is 15.1. The van der Waals surface area contributed by atoms with Crippen LogP contribution >= 0.6 is 0 Å². The molecule has 2 heterocycles. The summed E-state index contributed by atoms with van der Waals surface area (Å²) in [6, 6.07) is 17.4. The minimum atomic E-state index is -0.329. The number of phenols is 1. The molecular formula is C21H15FN2O. The summed E-state index contributed by atoms with van der Waals surface area (Å²) in [6.45, 7) is 0. The maximum absolute atomic E-state index is 14.0. The third-order valence-electron chi connectivity index (χ3n) is 4.18. The standard InChI is InChI=1S/C21H15FN2O/c22-15-5-6-17(18-3-1-2-4-20(18)25)19(13-15)21-16(9-12-24-21)14-7-10-23-11-8-14/h1-13,24-25H. The van der Waals surface area contributed by atoms with Crippen molar-refractivity contribution in [1.82, 2.24) is 9.97 Å². The van der Waals surface area contributed by atoms with E-state index in [-0.39, 0.29) is 11.6 Å². The molecule has 2 N–H and O–H groups in total. The third-order valence-corrected chi connectivity index (χ3v) is 4.18. The van der Waals surface area contributed by atoms with Crippen molar-refractivity contribution < 1.29 is 9.50 Å². The maximum atomic E-state index is 14.0. The monoisotopic (exact) mass is 330 g/mol. The van der Waals surface area contributed by atoms with Crippen molar-refractivity contribution in [2.75, 3.05) is 0 Å². The highest BCUT2D eigenvalue weighted by Gasteiger charge is 2.16. The number of para-hydroxylation sites is 1. The van der Waals surface area contributed by atoms with Crippen molar-refractivity contribution >= 4 is 0 Å². The van der Waals surface area contributed by atoms with E-state index in [1.165, 1.54) is 12.1 Å². The first-order chi connectivity index (χ1) is 12.2. The largest absolute Gasteiger partial charge is 0.507 e. The van der Waals surface area contributed by atoms with Crippen LogP contribution in [0.25, 0.3) is 33.5 Å². The Hall–Kier alpha value is -3.40. The van der Waals surface area contributed by atoms with Gasteiger partial charge in [0.1, 0.15) is 11.6 Å². The van der Waals surface area contributed by atoms with Crippen molar-refractivity contribution in [3.05, 3.63) is 85.1 Å². The fraction of sp³-hybridized carbons (Fsp3) is 0. The van der Waals surface area contributed by atoms with Crippen LogP contribution in [0.2, 0.25) is 0 Å². The Morgan fingerprint density at radius 3 is 2.40 bits per heavy atom. The molecule has 0 unspecified atom stereocenters. The SMILES string of the molecule is Oc1ccccc1-c1ccc(F)cc1-c1[nH]ccc1-c1ccncc1. The molecule has 0 bridgehead atoms. The molecule has 4 aromatic rings. The Morgan fingerprint density at radius 1 is 0.800 bits per heavy atom. The van der Waals surface area contributed by atoms with E-state index in [1.807, 2.05) is 36.5 Å². The summed E-state index contributed by atoms with van der Waals surface area (Å²) in [5, 5.41) is 10.2. The van der Waals surface area contributed by atoms with E-state index < -0.39 is 0 Å². The molecule has 0 saturated heterocycles. The van der Waals surface area contributed by atoms with E-state index in [9.17, 15) is 9.50 Å². The Morgan fingerprint density at radius 2 is 1.60 bits per heavy atom.